The molecule has 1 aliphatic rings. The summed E-state index contributed by atoms with van der Waals surface area (Å²) in [6.45, 7) is 3.84. The lowest BCUT2D eigenvalue weighted by Gasteiger charge is -2.34. The molecule has 1 N–H and O–H groups in total. The summed E-state index contributed by atoms with van der Waals surface area (Å²) in [5.41, 5.74) is 1.88. The maximum atomic E-state index is 12.7. The van der Waals surface area contributed by atoms with Gasteiger partial charge >= 0.3 is 0 Å². The van der Waals surface area contributed by atoms with Crippen molar-refractivity contribution in [3.63, 3.8) is 0 Å². The van der Waals surface area contributed by atoms with Gasteiger partial charge in [0.05, 0.1) is 21.3 Å². The average molecular weight is 386 g/mol. The number of anilines is 2. The lowest BCUT2D eigenvalue weighted by molar-refractivity contribution is 0.102. The number of piperazine rings is 1. The van der Waals surface area contributed by atoms with E-state index >= 15 is 0 Å². The predicted molar refractivity (Wildman–Crippen MR) is 108 cm³/mol. The molecule has 8 heteroatoms. The summed E-state index contributed by atoms with van der Waals surface area (Å²) in [5.74, 6) is 1.11. The first-order valence-corrected chi connectivity index (χ1v) is 9.06. The van der Waals surface area contributed by atoms with Gasteiger partial charge in [0, 0.05) is 55.9 Å². The van der Waals surface area contributed by atoms with Crippen LogP contribution in [0.1, 0.15) is 10.5 Å². The van der Waals surface area contributed by atoms with E-state index in [9.17, 15) is 4.79 Å². The Morgan fingerprint density at radius 1 is 1.00 bits per heavy atom. The monoisotopic (exact) mass is 386 g/mol. The lowest BCUT2D eigenvalue weighted by Crippen LogP contribution is -2.44. The molecule has 2 heterocycles. The number of hydrogen-bond acceptors (Lipinski definition) is 7. The molecule has 28 heavy (non-hydrogen) atoms. The molecule has 0 aliphatic carbocycles. The minimum Gasteiger partial charge on any atom is -0.493 e. The second kappa shape index (κ2) is 8.79. The first-order chi connectivity index (χ1) is 13.5. The number of pyridine rings is 1. The highest BCUT2D eigenvalue weighted by Gasteiger charge is 2.18. The van der Waals surface area contributed by atoms with Gasteiger partial charge in [-0.25, -0.2) is 0 Å². The molecule has 1 aliphatic heterocycles. The molecule has 1 saturated heterocycles. The number of amides is 1. The molecule has 1 fully saturated rings. The van der Waals surface area contributed by atoms with Crippen molar-refractivity contribution in [1.29, 1.82) is 0 Å². The summed E-state index contributed by atoms with van der Waals surface area (Å²) in [5, 5.41) is 2.85. The molecule has 3 rings (SSSR count). The van der Waals surface area contributed by atoms with Gasteiger partial charge in [0.1, 0.15) is 5.69 Å². The van der Waals surface area contributed by atoms with Gasteiger partial charge in [-0.15, -0.1) is 0 Å². The predicted octanol–water partition coefficient (Wildman–Crippen LogP) is 2.11. The standard InChI is InChI=1S/C20H26N4O4/c1-23-7-9-24(10-8-23)15-5-6-21-16(13-15)20(25)22-14-11-17(26-2)19(28-4)18(12-14)27-3/h5-6,11-13H,7-10H2,1-4H3,(H,22,25). The van der Waals surface area contributed by atoms with E-state index in [1.807, 2.05) is 12.1 Å². The van der Waals surface area contributed by atoms with Crippen molar-refractivity contribution in [2.45, 2.75) is 0 Å². The van der Waals surface area contributed by atoms with E-state index < -0.39 is 0 Å². The Morgan fingerprint density at radius 2 is 1.64 bits per heavy atom. The van der Waals surface area contributed by atoms with Crippen molar-refractivity contribution in [2.75, 3.05) is 64.8 Å². The minimum atomic E-state index is -0.301. The number of nitrogens with zero attached hydrogens (tertiary/aromatic N) is 3. The maximum Gasteiger partial charge on any atom is 0.274 e. The molecule has 1 aromatic heterocycles. The van der Waals surface area contributed by atoms with Crippen LogP contribution in [0.5, 0.6) is 17.2 Å². The van der Waals surface area contributed by atoms with E-state index in [0.717, 1.165) is 31.9 Å². The van der Waals surface area contributed by atoms with Crippen molar-refractivity contribution in [1.82, 2.24) is 9.88 Å². The maximum absolute atomic E-state index is 12.7. The van der Waals surface area contributed by atoms with E-state index in [0.29, 0.717) is 28.6 Å². The Bertz CT molecular complexity index is 810. The van der Waals surface area contributed by atoms with E-state index in [1.54, 1.807) is 18.3 Å². The number of nitrogens with one attached hydrogen (secondary N) is 1. The van der Waals surface area contributed by atoms with Crippen molar-refractivity contribution >= 4 is 17.3 Å². The Labute approximate surface area is 165 Å². The van der Waals surface area contributed by atoms with Gasteiger partial charge in [0.2, 0.25) is 5.75 Å². The van der Waals surface area contributed by atoms with Crippen LogP contribution in [0.3, 0.4) is 0 Å². The molecule has 0 unspecified atom stereocenters. The van der Waals surface area contributed by atoms with Crippen molar-refractivity contribution < 1.29 is 19.0 Å². The molecular weight excluding hydrogens is 360 g/mol. The van der Waals surface area contributed by atoms with Crippen LogP contribution in [0.15, 0.2) is 30.5 Å². The topological polar surface area (TPSA) is 76.2 Å². The van der Waals surface area contributed by atoms with Gasteiger partial charge in [-0.05, 0) is 19.2 Å². The average Bonchev–Trinajstić information content (AvgIpc) is 2.73. The second-order valence-corrected chi connectivity index (χ2v) is 6.56. The number of benzene rings is 1. The molecule has 0 atom stereocenters. The summed E-state index contributed by atoms with van der Waals surface area (Å²) in [7, 11) is 6.71. The van der Waals surface area contributed by atoms with E-state index in [2.05, 4.69) is 27.1 Å². The van der Waals surface area contributed by atoms with Crippen LogP contribution in [-0.4, -0.2) is 70.3 Å². The van der Waals surface area contributed by atoms with Gasteiger partial charge in [-0.2, -0.15) is 0 Å². The van der Waals surface area contributed by atoms with Gasteiger partial charge in [0.15, 0.2) is 11.5 Å². The number of ether oxygens (including phenoxy) is 3. The van der Waals surface area contributed by atoms with Crippen LogP contribution in [0.25, 0.3) is 0 Å². The first-order valence-electron chi connectivity index (χ1n) is 9.06. The molecule has 0 spiro atoms. The zero-order valence-electron chi connectivity index (χ0n) is 16.7. The van der Waals surface area contributed by atoms with Crippen molar-refractivity contribution in [2.24, 2.45) is 0 Å². The Balaban J connectivity index is 1.79. The number of carbonyl (C=O) groups excluding carboxylic acids is 1. The molecule has 8 nitrogen and oxygen atoms in total. The minimum absolute atomic E-state index is 0.301. The van der Waals surface area contributed by atoms with Crippen LogP contribution < -0.4 is 24.4 Å². The molecule has 0 radical (unpaired) electrons. The SMILES string of the molecule is COc1cc(NC(=O)c2cc(N3CCN(C)CC3)ccn2)cc(OC)c1OC. The molecular formula is C20H26N4O4. The van der Waals surface area contributed by atoms with E-state index in [-0.39, 0.29) is 5.91 Å². The summed E-state index contributed by atoms with van der Waals surface area (Å²) in [6.07, 6.45) is 1.66. The molecule has 2 aromatic rings. The number of carbonyl (C=O) groups is 1. The zero-order chi connectivity index (χ0) is 20.1. The van der Waals surface area contributed by atoms with Gasteiger partial charge in [0.25, 0.3) is 5.91 Å². The zero-order valence-corrected chi connectivity index (χ0v) is 16.7. The highest BCUT2D eigenvalue weighted by Crippen LogP contribution is 2.40. The Kier molecular flexibility index (Phi) is 6.20. The highest BCUT2D eigenvalue weighted by atomic mass is 16.5. The highest BCUT2D eigenvalue weighted by molar-refractivity contribution is 6.03. The normalized spacial score (nSPS) is 14.5. The molecule has 1 aromatic carbocycles. The summed E-state index contributed by atoms with van der Waals surface area (Å²) < 4.78 is 16.0. The molecule has 150 valence electrons. The van der Waals surface area contributed by atoms with Crippen LogP contribution in [-0.2, 0) is 0 Å². The molecule has 1 amide bonds. The van der Waals surface area contributed by atoms with Crippen LogP contribution >= 0.6 is 0 Å². The smallest absolute Gasteiger partial charge is 0.274 e. The third-order valence-corrected chi connectivity index (χ3v) is 4.77. The molecule has 0 bridgehead atoms. The summed E-state index contributed by atoms with van der Waals surface area (Å²) >= 11 is 0. The third-order valence-electron chi connectivity index (χ3n) is 4.77. The van der Waals surface area contributed by atoms with E-state index in [4.69, 9.17) is 14.2 Å². The quantitative estimate of drug-likeness (QED) is 0.815. The number of methoxy groups -OCH3 is 3. The Morgan fingerprint density at radius 3 is 2.21 bits per heavy atom. The number of rotatable bonds is 6. The summed E-state index contributed by atoms with van der Waals surface area (Å²) in [6, 6.07) is 7.12. The summed E-state index contributed by atoms with van der Waals surface area (Å²) in [4.78, 5) is 21.5. The second-order valence-electron chi connectivity index (χ2n) is 6.56. The van der Waals surface area contributed by atoms with Crippen molar-refractivity contribution in [3.05, 3.63) is 36.2 Å². The van der Waals surface area contributed by atoms with Crippen molar-refractivity contribution in [3.8, 4) is 17.2 Å². The lowest BCUT2D eigenvalue weighted by atomic mass is 10.2. The van der Waals surface area contributed by atoms with Gasteiger partial charge < -0.3 is 29.3 Å². The fraction of sp³-hybridized carbons (Fsp3) is 0.400. The number of hydrogen-bond donors (Lipinski definition) is 1. The first kappa shape index (κ1) is 19.8. The van der Waals surface area contributed by atoms with Crippen LogP contribution in [0.2, 0.25) is 0 Å². The fourth-order valence-electron chi connectivity index (χ4n) is 3.15. The number of aromatic nitrogens is 1. The van der Waals surface area contributed by atoms with E-state index in [1.165, 1.54) is 21.3 Å². The van der Waals surface area contributed by atoms with Gasteiger partial charge in [-0.1, -0.05) is 0 Å². The van der Waals surface area contributed by atoms with Crippen LogP contribution in [0, 0.1) is 0 Å². The Hall–Kier alpha value is -3.00. The third kappa shape index (κ3) is 4.28. The number of likely N-dealkylation sites (N-methyl/N-ethyl adjacent to an activating group) is 1. The largest absolute Gasteiger partial charge is 0.493 e. The van der Waals surface area contributed by atoms with Gasteiger partial charge in [-0.3, -0.25) is 9.78 Å². The fourth-order valence-corrected chi connectivity index (χ4v) is 3.15. The molecule has 0 saturated carbocycles. The van der Waals surface area contributed by atoms with Crippen LogP contribution in [0.4, 0.5) is 11.4 Å².